The Hall–Kier alpha value is -1.67. The minimum Gasteiger partial charge on any atom is -0.300 e. The maximum absolute atomic E-state index is 12.4. The van der Waals surface area contributed by atoms with Gasteiger partial charge in [0.05, 0.1) is 0 Å². The first-order valence-corrected chi connectivity index (χ1v) is 8.37. The molecule has 0 amide bonds. The van der Waals surface area contributed by atoms with Crippen molar-refractivity contribution in [3.8, 4) is 0 Å². The predicted octanol–water partition coefficient (Wildman–Crippen LogP) is 4.00. The van der Waals surface area contributed by atoms with Crippen LogP contribution in [0.3, 0.4) is 0 Å². The first-order valence-electron chi connectivity index (χ1n) is 8.37. The van der Waals surface area contributed by atoms with Gasteiger partial charge >= 0.3 is 0 Å². The molecule has 0 unspecified atom stereocenters. The second-order valence-electron chi connectivity index (χ2n) is 7.01. The van der Waals surface area contributed by atoms with Crippen molar-refractivity contribution < 1.29 is 4.79 Å². The highest BCUT2D eigenvalue weighted by atomic mass is 16.1. The molecule has 4 rings (SSSR count). The first-order chi connectivity index (χ1) is 10.7. The van der Waals surface area contributed by atoms with Crippen LogP contribution in [-0.4, -0.2) is 29.8 Å². The van der Waals surface area contributed by atoms with Gasteiger partial charge in [0.15, 0.2) is 0 Å². The lowest BCUT2D eigenvalue weighted by atomic mass is 9.73. The highest BCUT2D eigenvalue weighted by molar-refractivity contribution is 5.88. The summed E-state index contributed by atoms with van der Waals surface area (Å²) in [5, 5.41) is 2.61. The van der Waals surface area contributed by atoms with Crippen LogP contribution < -0.4 is 0 Å². The summed E-state index contributed by atoms with van der Waals surface area (Å²) in [5.74, 6) is 0.877. The summed E-state index contributed by atoms with van der Waals surface area (Å²) < 4.78 is 0. The van der Waals surface area contributed by atoms with Crippen LogP contribution in [0.25, 0.3) is 10.8 Å². The van der Waals surface area contributed by atoms with Crippen LogP contribution in [0.4, 0.5) is 0 Å². The van der Waals surface area contributed by atoms with Crippen molar-refractivity contribution in [3.05, 3.63) is 48.0 Å². The molecule has 2 saturated heterocycles. The first kappa shape index (κ1) is 14.0. The van der Waals surface area contributed by atoms with Crippen LogP contribution in [0.2, 0.25) is 0 Å². The van der Waals surface area contributed by atoms with Crippen molar-refractivity contribution in [1.82, 2.24) is 4.90 Å². The molecule has 2 heterocycles. The molecular weight excluding hydrogens is 270 g/mol. The summed E-state index contributed by atoms with van der Waals surface area (Å²) in [7, 11) is 2.21. The van der Waals surface area contributed by atoms with Crippen LogP contribution in [0, 0.1) is 5.92 Å². The van der Waals surface area contributed by atoms with Crippen molar-refractivity contribution in [2.75, 3.05) is 7.05 Å². The molecule has 2 heteroatoms. The lowest BCUT2D eigenvalue weighted by Crippen LogP contribution is -2.48. The smallest absolute Gasteiger partial charge is 0.135 e. The molecule has 2 aromatic carbocycles. The Bertz CT molecular complexity index is 717. The number of carbonyl (C=O) groups is 1. The molecule has 2 nitrogen and oxygen atoms in total. The van der Waals surface area contributed by atoms with E-state index >= 15 is 0 Å². The van der Waals surface area contributed by atoms with Crippen molar-refractivity contribution in [2.24, 2.45) is 5.92 Å². The molecule has 0 radical (unpaired) electrons. The number of benzene rings is 2. The second kappa shape index (κ2) is 5.20. The third kappa shape index (κ3) is 2.01. The van der Waals surface area contributed by atoms with Crippen molar-refractivity contribution in [1.29, 1.82) is 0 Å². The van der Waals surface area contributed by atoms with Crippen LogP contribution in [0.5, 0.6) is 0 Å². The van der Waals surface area contributed by atoms with E-state index in [0.717, 1.165) is 6.42 Å². The van der Waals surface area contributed by atoms with E-state index in [1.165, 1.54) is 29.2 Å². The van der Waals surface area contributed by atoms with E-state index in [4.69, 9.17) is 0 Å². The molecule has 2 aromatic rings. The van der Waals surface area contributed by atoms with Crippen LogP contribution in [0.15, 0.2) is 42.5 Å². The summed E-state index contributed by atoms with van der Waals surface area (Å²) in [5.41, 5.74) is 1.38. The molecule has 0 N–H and O–H groups in total. The molecule has 0 spiro atoms. The molecule has 2 aliphatic rings. The van der Waals surface area contributed by atoms with E-state index in [1.807, 2.05) is 0 Å². The third-order valence-corrected chi connectivity index (χ3v) is 5.96. The van der Waals surface area contributed by atoms with E-state index in [0.29, 0.717) is 23.8 Å². The average molecular weight is 293 g/mol. The van der Waals surface area contributed by atoms with Gasteiger partial charge in [-0.05, 0) is 55.5 Å². The van der Waals surface area contributed by atoms with Gasteiger partial charge in [0, 0.05) is 18.0 Å². The molecule has 4 atom stereocenters. The summed E-state index contributed by atoms with van der Waals surface area (Å²) in [6, 6.07) is 16.2. The Kier molecular flexibility index (Phi) is 3.30. The number of piperidine rings is 1. The maximum Gasteiger partial charge on any atom is 0.135 e. The van der Waals surface area contributed by atoms with Gasteiger partial charge in [-0.1, -0.05) is 42.5 Å². The number of hydrogen-bond acceptors (Lipinski definition) is 2. The Labute approximate surface area is 132 Å². The quantitative estimate of drug-likeness (QED) is 0.834. The number of rotatable bonds is 2. The summed E-state index contributed by atoms with van der Waals surface area (Å²) in [6.07, 6.45) is 3.53. The standard InChI is InChI=1S/C20H23NO/c1-13(22)20-18(12-15-10-11-19(20)21(15)2)17-9-5-7-14-6-3-4-8-16(14)17/h3-9,15,18-20H,10-12H2,1-2H3/t15-,18+,19+,20+/m0/s1. The van der Waals surface area contributed by atoms with E-state index in [1.54, 1.807) is 6.92 Å². The summed E-state index contributed by atoms with van der Waals surface area (Å²) in [4.78, 5) is 14.9. The molecule has 2 bridgehead atoms. The fraction of sp³-hybridized carbons (Fsp3) is 0.450. The summed E-state index contributed by atoms with van der Waals surface area (Å²) >= 11 is 0. The average Bonchev–Trinajstić information content (AvgIpc) is 2.76. The molecule has 0 aliphatic carbocycles. The second-order valence-corrected chi connectivity index (χ2v) is 7.01. The summed E-state index contributed by atoms with van der Waals surface area (Å²) in [6.45, 7) is 1.79. The highest BCUT2D eigenvalue weighted by Gasteiger charge is 2.47. The molecule has 0 aromatic heterocycles. The van der Waals surface area contributed by atoms with E-state index in [2.05, 4.69) is 54.4 Å². The van der Waals surface area contributed by atoms with Gasteiger partial charge < -0.3 is 0 Å². The molecule has 2 fully saturated rings. The zero-order valence-corrected chi connectivity index (χ0v) is 13.3. The minimum atomic E-state index is 0.148. The normalized spacial score (nSPS) is 31.5. The topological polar surface area (TPSA) is 20.3 Å². The number of hydrogen-bond donors (Lipinski definition) is 0. The maximum atomic E-state index is 12.4. The van der Waals surface area contributed by atoms with E-state index in [9.17, 15) is 4.79 Å². The molecule has 2 aliphatic heterocycles. The minimum absolute atomic E-state index is 0.148. The van der Waals surface area contributed by atoms with Gasteiger partial charge in [-0.25, -0.2) is 0 Å². The van der Waals surface area contributed by atoms with Crippen LogP contribution >= 0.6 is 0 Å². The van der Waals surface area contributed by atoms with Gasteiger partial charge in [0.2, 0.25) is 0 Å². The molecule has 114 valence electrons. The zero-order valence-electron chi connectivity index (χ0n) is 13.3. The Morgan fingerprint density at radius 2 is 1.86 bits per heavy atom. The molecule has 22 heavy (non-hydrogen) atoms. The number of fused-ring (bicyclic) bond motifs is 3. The SMILES string of the molecule is CC(=O)[C@@H]1[C@@H](c2cccc3ccccc23)C[C@@H]2CC[C@H]1N2C. The van der Waals surface area contributed by atoms with Crippen LogP contribution in [-0.2, 0) is 4.79 Å². The van der Waals surface area contributed by atoms with Crippen molar-refractivity contribution in [3.63, 3.8) is 0 Å². The van der Waals surface area contributed by atoms with Gasteiger partial charge in [-0.3, -0.25) is 9.69 Å². The Morgan fingerprint density at radius 1 is 1.09 bits per heavy atom. The van der Waals surface area contributed by atoms with E-state index in [-0.39, 0.29) is 5.92 Å². The third-order valence-electron chi connectivity index (χ3n) is 5.96. The van der Waals surface area contributed by atoms with E-state index < -0.39 is 0 Å². The van der Waals surface area contributed by atoms with Gasteiger partial charge in [-0.15, -0.1) is 0 Å². The fourth-order valence-electron chi connectivity index (χ4n) is 4.91. The largest absolute Gasteiger partial charge is 0.300 e. The van der Waals surface area contributed by atoms with Gasteiger partial charge in [-0.2, -0.15) is 0 Å². The number of Topliss-reactive ketones (excluding diaryl/α,β-unsaturated/α-hetero) is 1. The van der Waals surface area contributed by atoms with Gasteiger partial charge in [0.1, 0.15) is 5.78 Å². The fourth-order valence-corrected chi connectivity index (χ4v) is 4.91. The van der Waals surface area contributed by atoms with Gasteiger partial charge in [0.25, 0.3) is 0 Å². The Morgan fingerprint density at radius 3 is 2.68 bits per heavy atom. The molecule has 0 saturated carbocycles. The monoisotopic (exact) mass is 293 g/mol. The molecular formula is C20H23NO. The van der Waals surface area contributed by atoms with Crippen molar-refractivity contribution in [2.45, 2.75) is 44.2 Å². The number of nitrogens with zero attached hydrogens (tertiary/aromatic N) is 1. The predicted molar refractivity (Wildman–Crippen MR) is 90.1 cm³/mol. The van der Waals surface area contributed by atoms with Crippen LogP contribution in [0.1, 0.15) is 37.7 Å². The number of ketones is 1. The zero-order chi connectivity index (χ0) is 15.3. The lowest BCUT2D eigenvalue weighted by Gasteiger charge is -2.42. The Balaban J connectivity index is 1.84. The van der Waals surface area contributed by atoms with Crippen molar-refractivity contribution >= 4 is 16.6 Å². The highest BCUT2D eigenvalue weighted by Crippen LogP contribution is 2.47. The number of carbonyl (C=O) groups excluding carboxylic acids is 1. The lowest BCUT2D eigenvalue weighted by molar-refractivity contribution is -0.124.